The van der Waals surface area contributed by atoms with Crippen molar-refractivity contribution in [2.75, 3.05) is 13.6 Å². The first-order valence-corrected chi connectivity index (χ1v) is 11.9. The number of carbonyl (C=O) groups excluding carboxylic acids is 1. The maximum absolute atomic E-state index is 14.5. The summed E-state index contributed by atoms with van der Waals surface area (Å²) >= 11 is 0. The molecule has 2 atom stereocenters. The summed E-state index contributed by atoms with van der Waals surface area (Å²) < 4.78 is 20.6. The summed E-state index contributed by atoms with van der Waals surface area (Å²) in [5.74, 6) is 0.442. The van der Waals surface area contributed by atoms with Gasteiger partial charge in [0.1, 0.15) is 11.6 Å². The number of hydrogen-bond acceptors (Lipinski definition) is 3. The number of halogens is 1. The molecule has 1 aliphatic rings. The lowest BCUT2D eigenvalue weighted by atomic mass is 9.87. The van der Waals surface area contributed by atoms with Crippen molar-refractivity contribution in [1.82, 2.24) is 9.80 Å². The van der Waals surface area contributed by atoms with Gasteiger partial charge in [-0.15, -0.1) is 0 Å². The molecule has 1 heterocycles. The monoisotopic (exact) mass is 460 g/mol. The Kier molecular flexibility index (Phi) is 7.32. The fourth-order valence-electron chi connectivity index (χ4n) is 4.56. The molecule has 4 nitrogen and oxygen atoms in total. The Bertz CT molecular complexity index is 1130. The van der Waals surface area contributed by atoms with Crippen molar-refractivity contribution in [3.05, 3.63) is 101 Å². The molecule has 0 radical (unpaired) electrons. The third-order valence-corrected chi connectivity index (χ3v) is 6.67. The predicted molar refractivity (Wildman–Crippen MR) is 133 cm³/mol. The highest BCUT2D eigenvalue weighted by Gasteiger charge is 2.30. The van der Waals surface area contributed by atoms with Crippen LogP contribution in [-0.2, 0) is 17.8 Å². The Labute approximate surface area is 202 Å². The topological polar surface area (TPSA) is 32.8 Å². The number of rotatable bonds is 7. The maximum Gasteiger partial charge on any atom is 0.263 e. The number of ether oxygens (including phenoxy) is 1. The molecule has 4 rings (SSSR count). The number of fused-ring (bicyclic) bond motifs is 1. The van der Waals surface area contributed by atoms with Gasteiger partial charge in [-0.3, -0.25) is 9.69 Å². The van der Waals surface area contributed by atoms with E-state index in [1.165, 1.54) is 11.6 Å². The van der Waals surface area contributed by atoms with Gasteiger partial charge in [0.25, 0.3) is 5.91 Å². The van der Waals surface area contributed by atoms with E-state index in [-0.39, 0.29) is 23.8 Å². The van der Waals surface area contributed by atoms with Crippen LogP contribution in [0.4, 0.5) is 4.39 Å². The second kappa shape index (κ2) is 10.4. The van der Waals surface area contributed by atoms with E-state index in [1.807, 2.05) is 50.2 Å². The molecule has 0 bridgehead atoms. The Morgan fingerprint density at radius 1 is 1.06 bits per heavy atom. The molecule has 0 spiro atoms. The normalized spacial score (nSPS) is 16.7. The van der Waals surface area contributed by atoms with E-state index in [0.717, 1.165) is 24.1 Å². The van der Waals surface area contributed by atoms with E-state index in [9.17, 15) is 9.18 Å². The molecule has 1 aliphatic heterocycles. The van der Waals surface area contributed by atoms with Crippen molar-refractivity contribution >= 4 is 5.91 Å². The number of benzene rings is 3. The van der Waals surface area contributed by atoms with Crippen LogP contribution in [0.25, 0.3) is 0 Å². The molecular weight excluding hydrogens is 427 g/mol. The molecule has 0 fully saturated rings. The van der Waals surface area contributed by atoms with Gasteiger partial charge in [0, 0.05) is 31.7 Å². The van der Waals surface area contributed by atoms with E-state index >= 15 is 0 Å². The van der Waals surface area contributed by atoms with Gasteiger partial charge in [-0.25, -0.2) is 4.39 Å². The molecule has 3 aromatic carbocycles. The number of nitrogens with zero attached hydrogens (tertiary/aromatic N) is 2. The van der Waals surface area contributed by atoms with Gasteiger partial charge in [0.15, 0.2) is 6.10 Å². The standard InChI is InChI=1S/C29H33FN2O2/c1-20(2)31(4)29(33)21(3)34-25-15-14-22-16-17-32(19-24-12-8-9-13-27(24)30)28(26(22)18-25)23-10-6-5-7-11-23/h5-15,18,20-21,28H,16-17,19H2,1-4H3. The van der Waals surface area contributed by atoms with Crippen LogP contribution in [0.15, 0.2) is 72.8 Å². The number of likely N-dealkylation sites (N-methyl/N-ethyl adjacent to an activating group) is 1. The lowest BCUT2D eigenvalue weighted by Gasteiger charge is -2.38. The smallest absolute Gasteiger partial charge is 0.263 e. The fraction of sp³-hybridized carbons (Fsp3) is 0.345. The molecule has 0 N–H and O–H groups in total. The van der Waals surface area contributed by atoms with Gasteiger partial charge in [0.05, 0.1) is 6.04 Å². The Hall–Kier alpha value is -3.18. The maximum atomic E-state index is 14.5. The van der Waals surface area contributed by atoms with Gasteiger partial charge < -0.3 is 9.64 Å². The average Bonchev–Trinajstić information content (AvgIpc) is 2.84. The van der Waals surface area contributed by atoms with Crippen molar-refractivity contribution in [1.29, 1.82) is 0 Å². The van der Waals surface area contributed by atoms with Gasteiger partial charge in [-0.2, -0.15) is 0 Å². The number of amides is 1. The first kappa shape index (κ1) is 24.0. The van der Waals surface area contributed by atoms with E-state index in [0.29, 0.717) is 17.9 Å². The molecule has 34 heavy (non-hydrogen) atoms. The second-order valence-electron chi connectivity index (χ2n) is 9.29. The Balaban J connectivity index is 1.66. The van der Waals surface area contributed by atoms with Gasteiger partial charge in [-0.05, 0) is 62.1 Å². The summed E-state index contributed by atoms with van der Waals surface area (Å²) in [4.78, 5) is 16.7. The third-order valence-electron chi connectivity index (χ3n) is 6.67. The molecule has 5 heteroatoms. The van der Waals surface area contributed by atoms with Crippen LogP contribution in [0.5, 0.6) is 5.75 Å². The summed E-state index contributed by atoms with van der Waals surface area (Å²) in [5.41, 5.74) is 4.24. The fourth-order valence-corrected chi connectivity index (χ4v) is 4.56. The SMILES string of the molecule is CC(Oc1ccc2c(c1)C(c1ccccc1)N(Cc1ccccc1F)CC2)C(=O)N(C)C(C)C. The first-order valence-electron chi connectivity index (χ1n) is 11.9. The van der Waals surface area contributed by atoms with E-state index in [4.69, 9.17) is 4.74 Å². The molecule has 178 valence electrons. The molecule has 0 aromatic heterocycles. The van der Waals surface area contributed by atoms with Crippen LogP contribution in [0.1, 0.15) is 49.1 Å². The van der Waals surface area contributed by atoms with Gasteiger partial charge >= 0.3 is 0 Å². The van der Waals surface area contributed by atoms with Crippen molar-refractivity contribution in [2.45, 2.75) is 51.9 Å². The van der Waals surface area contributed by atoms with Gasteiger partial charge in [-0.1, -0.05) is 54.6 Å². The molecular formula is C29H33FN2O2. The van der Waals surface area contributed by atoms with Crippen LogP contribution in [0.2, 0.25) is 0 Å². The zero-order chi connectivity index (χ0) is 24.2. The number of carbonyl (C=O) groups is 1. The Morgan fingerprint density at radius 3 is 2.47 bits per heavy atom. The lowest BCUT2D eigenvalue weighted by Crippen LogP contribution is -2.41. The highest BCUT2D eigenvalue weighted by atomic mass is 19.1. The summed E-state index contributed by atoms with van der Waals surface area (Å²) in [6, 6.07) is 23.5. The molecule has 2 unspecified atom stereocenters. The molecule has 0 saturated carbocycles. The van der Waals surface area contributed by atoms with Crippen molar-refractivity contribution in [2.24, 2.45) is 0 Å². The van der Waals surface area contributed by atoms with Crippen molar-refractivity contribution in [3.63, 3.8) is 0 Å². The summed E-state index contributed by atoms with van der Waals surface area (Å²) in [6.07, 6.45) is 0.288. The van der Waals surface area contributed by atoms with E-state index < -0.39 is 6.10 Å². The minimum Gasteiger partial charge on any atom is -0.481 e. The molecule has 3 aromatic rings. The minimum atomic E-state index is -0.585. The number of hydrogen-bond donors (Lipinski definition) is 0. The van der Waals surface area contributed by atoms with E-state index in [1.54, 1.807) is 24.9 Å². The largest absolute Gasteiger partial charge is 0.481 e. The summed E-state index contributed by atoms with van der Waals surface area (Å²) in [7, 11) is 1.80. The quantitative estimate of drug-likeness (QED) is 0.460. The average molecular weight is 461 g/mol. The predicted octanol–water partition coefficient (Wildman–Crippen LogP) is 5.61. The zero-order valence-corrected chi connectivity index (χ0v) is 20.4. The van der Waals surface area contributed by atoms with Crippen LogP contribution in [-0.4, -0.2) is 41.4 Å². The highest BCUT2D eigenvalue weighted by Crippen LogP contribution is 2.38. The minimum absolute atomic E-state index is 0.0301. The highest BCUT2D eigenvalue weighted by molar-refractivity contribution is 5.80. The second-order valence-corrected chi connectivity index (χ2v) is 9.29. The third kappa shape index (κ3) is 5.15. The van der Waals surface area contributed by atoms with Crippen LogP contribution < -0.4 is 4.74 Å². The van der Waals surface area contributed by atoms with Crippen LogP contribution >= 0.6 is 0 Å². The zero-order valence-electron chi connectivity index (χ0n) is 20.4. The van der Waals surface area contributed by atoms with Crippen LogP contribution in [0, 0.1) is 5.82 Å². The summed E-state index contributed by atoms with van der Waals surface area (Å²) in [6.45, 7) is 7.11. The van der Waals surface area contributed by atoms with Crippen molar-refractivity contribution < 1.29 is 13.9 Å². The molecule has 0 saturated heterocycles. The summed E-state index contributed by atoms with van der Waals surface area (Å²) in [5, 5.41) is 0. The molecule has 0 aliphatic carbocycles. The lowest BCUT2D eigenvalue weighted by molar-refractivity contribution is -0.138. The van der Waals surface area contributed by atoms with Gasteiger partial charge in [0.2, 0.25) is 0 Å². The van der Waals surface area contributed by atoms with Crippen molar-refractivity contribution in [3.8, 4) is 5.75 Å². The Morgan fingerprint density at radius 2 is 1.76 bits per heavy atom. The van der Waals surface area contributed by atoms with Crippen LogP contribution in [0.3, 0.4) is 0 Å². The first-order chi connectivity index (χ1) is 16.3. The molecule has 1 amide bonds. The van der Waals surface area contributed by atoms with E-state index in [2.05, 4.69) is 29.2 Å².